The van der Waals surface area contributed by atoms with Crippen LogP contribution in [0.3, 0.4) is 0 Å². The van der Waals surface area contributed by atoms with Crippen molar-refractivity contribution >= 4 is 18.2 Å². The van der Waals surface area contributed by atoms with E-state index in [2.05, 4.69) is 43.4 Å². The first-order chi connectivity index (χ1) is 7.27. The van der Waals surface area contributed by atoms with Crippen molar-refractivity contribution in [3.05, 3.63) is 12.3 Å². The van der Waals surface area contributed by atoms with Crippen LogP contribution in [0.2, 0.25) is 0 Å². The molecular formula is C12H24ClN3. The summed E-state index contributed by atoms with van der Waals surface area (Å²) in [4.78, 5) is 0. The Morgan fingerprint density at radius 3 is 2.75 bits per heavy atom. The van der Waals surface area contributed by atoms with Gasteiger partial charge in [-0.2, -0.15) is 5.10 Å². The summed E-state index contributed by atoms with van der Waals surface area (Å²) in [5, 5.41) is 7.83. The van der Waals surface area contributed by atoms with Crippen LogP contribution in [0, 0.1) is 0 Å². The zero-order valence-electron chi connectivity index (χ0n) is 10.6. The Balaban J connectivity index is 0.00000225. The lowest BCUT2D eigenvalue weighted by Crippen LogP contribution is -2.06. The van der Waals surface area contributed by atoms with Crippen molar-refractivity contribution in [1.29, 1.82) is 0 Å². The SMILES string of the molecule is CCCCCNc1ccn(C(C)CC)n1.Cl. The summed E-state index contributed by atoms with van der Waals surface area (Å²) in [6.45, 7) is 7.62. The lowest BCUT2D eigenvalue weighted by Gasteiger charge is -2.08. The quantitative estimate of drug-likeness (QED) is 0.739. The molecule has 0 aliphatic heterocycles. The average molecular weight is 246 g/mol. The van der Waals surface area contributed by atoms with E-state index in [9.17, 15) is 0 Å². The molecule has 0 amide bonds. The van der Waals surface area contributed by atoms with Crippen LogP contribution in [-0.4, -0.2) is 16.3 Å². The molecule has 0 radical (unpaired) electrons. The molecule has 1 atom stereocenters. The third-order valence-electron chi connectivity index (χ3n) is 2.74. The van der Waals surface area contributed by atoms with Gasteiger partial charge < -0.3 is 5.32 Å². The Morgan fingerprint density at radius 2 is 2.12 bits per heavy atom. The number of hydrogen-bond acceptors (Lipinski definition) is 2. The highest BCUT2D eigenvalue weighted by Gasteiger charge is 2.03. The van der Waals surface area contributed by atoms with Gasteiger partial charge in [-0.25, -0.2) is 0 Å². The molecule has 0 aromatic carbocycles. The summed E-state index contributed by atoms with van der Waals surface area (Å²) in [7, 11) is 0. The fraction of sp³-hybridized carbons (Fsp3) is 0.750. The molecule has 3 nitrogen and oxygen atoms in total. The molecule has 0 aliphatic carbocycles. The third kappa shape index (κ3) is 4.88. The topological polar surface area (TPSA) is 29.9 Å². The Labute approximate surface area is 105 Å². The maximum Gasteiger partial charge on any atom is 0.147 e. The van der Waals surface area contributed by atoms with Crippen LogP contribution in [0.15, 0.2) is 12.3 Å². The average Bonchev–Trinajstić information content (AvgIpc) is 2.72. The van der Waals surface area contributed by atoms with E-state index in [0.717, 1.165) is 18.8 Å². The van der Waals surface area contributed by atoms with Crippen molar-refractivity contribution in [3.8, 4) is 0 Å². The first-order valence-electron chi connectivity index (χ1n) is 6.07. The zero-order valence-corrected chi connectivity index (χ0v) is 11.4. The van der Waals surface area contributed by atoms with E-state index in [1.807, 2.05) is 4.68 Å². The minimum atomic E-state index is 0. The molecule has 1 heterocycles. The van der Waals surface area contributed by atoms with E-state index in [-0.39, 0.29) is 12.4 Å². The summed E-state index contributed by atoms with van der Waals surface area (Å²) in [6.07, 6.45) is 6.96. The fourth-order valence-corrected chi connectivity index (χ4v) is 1.46. The van der Waals surface area contributed by atoms with Gasteiger partial charge in [-0.05, 0) is 19.8 Å². The molecule has 1 unspecified atom stereocenters. The second kappa shape index (κ2) is 8.45. The van der Waals surface area contributed by atoms with Crippen molar-refractivity contribution in [1.82, 2.24) is 9.78 Å². The van der Waals surface area contributed by atoms with Gasteiger partial charge in [0.05, 0.1) is 0 Å². The van der Waals surface area contributed by atoms with E-state index < -0.39 is 0 Å². The molecular weight excluding hydrogens is 222 g/mol. The Morgan fingerprint density at radius 1 is 1.38 bits per heavy atom. The lowest BCUT2D eigenvalue weighted by molar-refractivity contribution is 0.479. The van der Waals surface area contributed by atoms with Crippen molar-refractivity contribution in [3.63, 3.8) is 0 Å². The molecule has 94 valence electrons. The van der Waals surface area contributed by atoms with Crippen LogP contribution < -0.4 is 5.32 Å². The van der Waals surface area contributed by atoms with Gasteiger partial charge in [-0.1, -0.05) is 26.7 Å². The van der Waals surface area contributed by atoms with E-state index >= 15 is 0 Å². The third-order valence-corrected chi connectivity index (χ3v) is 2.74. The minimum absolute atomic E-state index is 0. The fourth-order valence-electron chi connectivity index (χ4n) is 1.46. The van der Waals surface area contributed by atoms with Gasteiger partial charge in [0.25, 0.3) is 0 Å². The molecule has 1 N–H and O–H groups in total. The number of anilines is 1. The van der Waals surface area contributed by atoms with Crippen LogP contribution in [0.25, 0.3) is 0 Å². The Hall–Kier alpha value is -0.700. The van der Waals surface area contributed by atoms with E-state index in [1.165, 1.54) is 19.3 Å². The monoisotopic (exact) mass is 245 g/mol. The molecule has 0 bridgehead atoms. The molecule has 0 spiro atoms. The number of halogens is 1. The number of aromatic nitrogens is 2. The van der Waals surface area contributed by atoms with Crippen molar-refractivity contribution in [2.24, 2.45) is 0 Å². The largest absolute Gasteiger partial charge is 0.369 e. The highest BCUT2D eigenvalue weighted by Crippen LogP contribution is 2.11. The summed E-state index contributed by atoms with van der Waals surface area (Å²) >= 11 is 0. The highest BCUT2D eigenvalue weighted by atomic mass is 35.5. The van der Waals surface area contributed by atoms with E-state index in [0.29, 0.717) is 6.04 Å². The highest BCUT2D eigenvalue weighted by molar-refractivity contribution is 5.85. The maximum atomic E-state index is 4.48. The van der Waals surface area contributed by atoms with Crippen molar-refractivity contribution < 1.29 is 0 Å². The summed E-state index contributed by atoms with van der Waals surface area (Å²) in [6, 6.07) is 2.55. The van der Waals surface area contributed by atoms with Crippen LogP contribution >= 0.6 is 12.4 Å². The zero-order chi connectivity index (χ0) is 11.1. The van der Waals surface area contributed by atoms with Gasteiger partial charge in [0.15, 0.2) is 0 Å². The number of rotatable bonds is 7. The summed E-state index contributed by atoms with van der Waals surface area (Å²) in [5.41, 5.74) is 0. The lowest BCUT2D eigenvalue weighted by atomic mass is 10.2. The van der Waals surface area contributed by atoms with Crippen molar-refractivity contribution in [2.45, 2.75) is 52.5 Å². The Kier molecular flexibility index (Phi) is 8.08. The maximum absolute atomic E-state index is 4.48. The van der Waals surface area contributed by atoms with Crippen LogP contribution in [0.4, 0.5) is 5.82 Å². The minimum Gasteiger partial charge on any atom is -0.369 e. The van der Waals surface area contributed by atoms with Crippen LogP contribution in [0.1, 0.15) is 52.5 Å². The van der Waals surface area contributed by atoms with Crippen molar-refractivity contribution in [2.75, 3.05) is 11.9 Å². The number of unbranched alkanes of at least 4 members (excludes halogenated alkanes) is 2. The smallest absolute Gasteiger partial charge is 0.147 e. The van der Waals surface area contributed by atoms with E-state index in [4.69, 9.17) is 0 Å². The second-order valence-corrected chi connectivity index (χ2v) is 4.07. The molecule has 1 aromatic heterocycles. The molecule has 0 fully saturated rings. The Bertz CT molecular complexity index is 273. The predicted octanol–water partition coefficient (Wildman–Crippen LogP) is 3.88. The van der Waals surface area contributed by atoms with Gasteiger partial charge in [-0.15, -0.1) is 12.4 Å². The molecule has 0 aliphatic rings. The first kappa shape index (κ1) is 15.3. The molecule has 1 rings (SSSR count). The van der Waals surface area contributed by atoms with Crippen LogP contribution in [0.5, 0.6) is 0 Å². The predicted molar refractivity (Wildman–Crippen MR) is 72.5 cm³/mol. The van der Waals surface area contributed by atoms with Crippen LogP contribution in [-0.2, 0) is 0 Å². The number of nitrogens with zero attached hydrogens (tertiary/aromatic N) is 2. The summed E-state index contributed by atoms with van der Waals surface area (Å²) in [5.74, 6) is 1.01. The standard InChI is InChI=1S/C12H23N3.ClH/c1-4-6-7-9-13-12-8-10-15(14-12)11(3)5-2;/h8,10-11H,4-7,9H2,1-3H3,(H,13,14);1H. The second-order valence-electron chi connectivity index (χ2n) is 4.07. The molecule has 0 saturated carbocycles. The van der Waals surface area contributed by atoms with Gasteiger partial charge >= 0.3 is 0 Å². The number of nitrogens with one attached hydrogen (secondary N) is 1. The van der Waals surface area contributed by atoms with Gasteiger partial charge in [0.2, 0.25) is 0 Å². The molecule has 4 heteroatoms. The van der Waals surface area contributed by atoms with Gasteiger partial charge in [-0.3, -0.25) is 4.68 Å². The molecule has 16 heavy (non-hydrogen) atoms. The molecule has 1 aromatic rings. The summed E-state index contributed by atoms with van der Waals surface area (Å²) < 4.78 is 2.03. The van der Waals surface area contributed by atoms with Gasteiger partial charge in [0, 0.05) is 24.8 Å². The van der Waals surface area contributed by atoms with E-state index in [1.54, 1.807) is 0 Å². The molecule has 0 saturated heterocycles. The normalized spacial score (nSPS) is 11.9. The number of hydrogen-bond donors (Lipinski definition) is 1. The first-order valence-corrected chi connectivity index (χ1v) is 6.07. The van der Waals surface area contributed by atoms with Gasteiger partial charge in [0.1, 0.15) is 5.82 Å².